The number of hydrogen-bond donors (Lipinski definition) is 2. The molecule has 6 nitrogen and oxygen atoms in total. The number of fused-ring (bicyclic) bond motifs is 1. The van der Waals surface area contributed by atoms with E-state index >= 15 is 0 Å². The van der Waals surface area contributed by atoms with Gasteiger partial charge in [0, 0.05) is 48.7 Å². The van der Waals surface area contributed by atoms with Crippen molar-refractivity contribution in [3.63, 3.8) is 0 Å². The molecular weight excluding hydrogens is 426 g/mol. The van der Waals surface area contributed by atoms with Crippen molar-refractivity contribution < 1.29 is 9.90 Å². The molecule has 1 aromatic heterocycles. The maximum atomic E-state index is 13.6. The number of benzene rings is 3. The summed E-state index contributed by atoms with van der Waals surface area (Å²) in [6.07, 6.45) is 0. The standard InChI is InChI=1S/C28H27N3O3/c1-19-11-13-20(14-12-19)24-17-30(16-15-29-24)18-25-26(28(33)34)22-9-5-6-10-23(22)27(32)31(25)21-7-3-2-4-8-21/h2-14,24,29H,15-18H2,1H3,(H,33,34). The van der Waals surface area contributed by atoms with Crippen molar-refractivity contribution >= 4 is 16.7 Å². The van der Waals surface area contributed by atoms with E-state index in [0.717, 1.165) is 19.6 Å². The lowest BCUT2D eigenvalue weighted by Crippen LogP contribution is -2.46. The Bertz CT molecular complexity index is 1390. The highest BCUT2D eigenvalue weighted by atomic mass is 16.4. The Morgan fingerprint density at radius 3 is 2.35 bits per heavy atom. The third-order valence-electron chi connectivity index (χ3n) is 6.53. The molecule has 1 atom stereocenters. The molecule has 0 spiro atoms. The highest BCUT2D eigenvalue weighted by Gasteiger charge is 2.27. The van der Waals surface area contributed by atoms with Gasteiger partial charge in [0.2, 0.25) is 0 Å². The summed E-state index contributed by atoms with van der Waals surface area (Å²) in [5.41, 5.74) is 3.57. The van der Waals surface area contributed by atoms with Gasteiger partial charge in [-0.05, 0) is 30.7 Å². The van der Waals surface area contributed by atoms with Crippen LogP contribution in [0.5, 0.6) is 0 Å². The first-order chi connectivity index (χ1) is 16.5. The van der Waals surface area contributed by atoms with Crippen LogP contribution in [0.3, 0.4) is 0 Å². The minimum atomic E-state index is -1.03. The lowest BCUT2D eigenvalue weighted by molar-refractivity contribution is 0.0695. The summed E-state index contributed by atoms with van der Waals surface area (Å²) in [6, 6.07) is 24.9. The largest absolute Gasteiger partial charge is 0.478 e. The van der Waals surface area contributed by atoms with Crippen molar-refractivity contribution in [1.82, 2.24) is 14.8 Å². The summed E-state index contributed by atoms with van der Waals surface area (Å²) >= 11 is 0. The maximum absolute atomic E-state index is 13.6. The summed E-state index contributed by atoms with van der Waals surface area (Å²) in [5, 5.41) is 14.7. The average Bonchev–Trinajstić information content (AvgIpc) is 2.85. The Kier molecular flexibility index (Phi) is 6.01. The molecule has 2 N–H and O–H groups in total. The topological polar surface area (TPSA) is 74.6 Å². The number of aromatic nitrogens is 1. The van der Waals surface area contributed by atoms with Gasteiger partial charge < -0.3 is 10.4 Å². The van der Waals surface area contributed by atoms with E-state index in [-0.39, 0.29) is 17.2 Å². The van der Waals surface area contributed by atoms with E-state index in [1.165, 1.54) is 11.1 Å². The summed E-state index contributed by atoms with van der Waals surface area (Å²) < 4.78 is 1.58. The Balaban J connectivity index is 1.62. The fourth-order valence-corrected chi connectivity index (χ4v) is 4.82. The van der Waals surface area contributed by atoms with Crippen molar-refractivity contribution in [3.8, 4) is 5.69 Å². The average molecular weight is 454 g/mol. The van der Waals surface area contributed by atoms with Gasteiger partial charge in [0.1, 0.15) is 0 Å². The van der Waals surface area contributed by atoms with Crippen LogP contribution in [0, 0.1) is 6.92 Å². The number of aromatic carboxylic acids is 1. The SMILES string of the molecule is Cc1ccc(C2CN(Cc3c(C(=O)O)c4ccccc4c(=O)n3-c3ccccc3)CCN2)cc1. The van der Waals surface area contributed by atoms with Crippen molar-refractivity contribution in [1.29, 1.82) is 0 Å². The quantitative estimate of drug-likeness (QED) is 0.475. The number of piperazine rings is 1. The molecular formula is C28H27N3O3. The fourth-order valence-electron chi connectivity index (χ4n) is 4.82. The molecule has 0 bridgehead atoms. The van der Waals surface area contributed by atoms with E-state index in [0.29, 0.717) is 28.7 Å². The number of carboxylic acids is 1. The Labute approximate surface area is 198 Å². The highest BCUT2D eigenvalue weighted by Crippen LogP contribution is 2.26. The molecule has 2 heterocycles. The second-order valence-electron chi connectivity index (χ2n) is 8.80. The first-order valence-electron chi connectivity index (χ1n) is 11.5. The summed E-state index contributed by atoms with van der Waals surface area (Å²) in [7, 11) is 0. The zero-order valence-corrected chi connectivity index (χ0v) is 19.1. The van der Waals surface area contributed by atoms with Crippen LogP contribution in [-0.2, 0) is 6.54 Å². The molecule has 6 heteroatoms. The lowest BCUT2D eigenvalue weighted by Gasteiger charge is -2.35. The van der Waals surface area contributed by atoms with Crippen LogP contribution < -0.4 is 10.9 Å². The van der Waals surface area contributed by atoms with E-state index in [1.807, 2.05) is 30.3 Å². The first kappa shape index (κ1) is 22.1. The van der Waals surface area contributed by atoms with Crippen molar-refractivity contribution in [2.45, 2.75) is 19.5 Å². The zero-order chi connectivity index (χ0) is 23.7. The monoisotopic (exact) mass is 453 g/mol. The second-order valence-corrected chi connectivity index (χ2v) is 8.80. The molecule has 1 saturated heterocycles. The summed E-state index contributed by atoms with van der Waals surface area (Å²) in [6.45, 7) is 4.69. The van der Waals surface area contributed by atoms with E-state index in [9.17, 15) is 14.7 Å². The number of nitrogens with zero attached hydrogens (tertiary/aromatic N) is 2. The lowest BCUT2D eigenvalue weighted by atomic mass is 10.0. The van der Waals surface area contributed by atoms with Gasteiger partial charge in [0.05, 0.1) is 11.3 Å². The van der Waals surface area contributed by atoms with E-state index in [4.69, 9.17) is 0 Å². The minimum absolute atomic E-state index is 0.139. The molecule has 172 valence electrons. The molecule has 0 aliphatic carbocycles. The predicted octanol–water partition coefficient (Wildman–Crippen LogP) is 4.14. The highest BCUT2D eigenvalue weighted by molar-refractivity contribution is 6.04. The van der Waals surface area contributed by atoms with E-state index in [2.05, 4.69) is 41.4 Å². The number of hydrogen-bond acceptors (Lipinski definition) is 4. The van der Waals surface area contributed by atoms with Crippen molar-refractivity contribution in [2.75, 3.05) is 19.6 Å². The number of pyridine rings is 1. The third-order valence-corrected chi connectivity index (χ3v) is 6.53. The Morgan fingerprint density at radius 1 is 0.971 bits per heavy atom. The Morgan fingerprint density at radius 2 is 1.65 bits per heavy atom. The van der Waals surface area contributed by atoms with Gasteiger partial charge in [-0.2, -0.15) is 0 Å². The molecule has 4 aromatic rings. The molecule has 1 aliphatic heterocycles. The van der Waals surface area contributed by atoms with Crippen LogP contribution in [0.15, 0.2) is 83.7 Å². The molecule has 1 fully saturated rings. The zero-order valence-electron chi connectivity index (χ0n) is 19.1. The molecule has 0 radical (unpaired) electrons. The molecule has 0 saturated carbocycles. The van der Waals surface area contributed by atoms with E-state index in [1.54, 1.807) is 28.8 Å². The van der Waals surface area contributed by atoms with Gasteiger partial charge in [-0.3, -0.25) is 14.3 Å². The normalized spacial score (nSPS) is 16.6. The van der Waals surface area contributed by atoms with Crippen LogP contribution in [0.4, 0.5) is 0 Å². The van der Waals surface area contributed by atoms with Gasteiger partial charge in [0.25, 0.3) is 5.56 Å². The molecule has 34 heavy (non-hydrogen) atoms. The maximum Gasteiger partial charge on any atom is 0.338 e. The number of carbonyl (C=O) groups is 1. The summed E-state index contributed by atoms with van der Waals surface area (Å²) in [5.74, 6) is -1.03. The smallest absolute Gasteiger partial charge is 0.338 e. The molecule has 1 unspecified atom stereocenters. The molecule has 3 aromatic carbocycles. The molecule has 0 amide bonds. The van der Waals surface area contributed by atoms with Crippen LogP contribution in [0.25, 0.3) is 16.5 Å². The van der Waals surface area contributed by atoms with Crippen LogP contribution in [0.1, 0.15) is 33.2 Å². The van der Waals surface area contributed by atoms with Crippen LogP contribution >= 0.6 is 0 Å². The number of carboxylic acid groups (broad SMARTS) is 1. The predicted molar refractivity (Wildman–Crippen MR) is 134 cm³/mol. The van der Waals surface area contributed by atoms with E-state index < -0.39 is 5.97 Å². The van der Waals surface area contributed by atoms with Gasteiger partial charge in [-0.15, -0.1) is 0 Å². The first-order valence-corrected chi connectivity index (χ1v) is 11.5. The minimum Gasteiger partial charge on any atom is -0.478 e. The van der Waals surface area contributed by atoms with Crippen molar-refractivity contribution in [3.05, 3.63) is 112 Å². The number of para-hydroxylation sites is 1. The van der Waals surface area contributed by atoms with Gasteiger partial charge >= 0.3 is 5.97 Å². The second kappa shape index (κ2) is 9.25. The number of nitrogens with one attached hydrogen (secondary N) is 1. The fraction of sp³-hybridized carbons (Fsp3) is 0.214. The van der Waals surface area contributed by atoms with Crippen molar-refractivity contribution in [2.24, 2.45) is 0 Å². The van der Waals surface area contributed by atoms with Crippen LogP contribution in [0.2, 0.25) is 0 Å². The van der Waals surface area contributed by atoms with Gasteiger partial charge in [-0.1, -0.05) is 66.2 Å². The van der Waals surface area contributed by atoms with Crippen LogP contribution in [-0.4, -0.2) is 40.2 Å². The third kappa shape index (κ3) is 4.14. The van der Waals surface area contributed by atoms with Gasteiger partial charge in [0.15, 0.2) is 0 Å². The van der Waals surface area contributed by atoms with Gasteiger partial charge in [-0.25, -0.2) is 4.79 Å². The summed E-state index contributed by atoms with van der Waals surface area (Å²) in [4.78, 5) is 28.4. The Hall–Kier alpha value is -3.74. The molecule has 1 aliphatic rings. The number of rotatable bonds is 5. The molecule has 5 rings (SSSR count). The number of aryl methyl sites for hydroxylation is 1.